The molecule has 2 nitrogen and oxygen atoms in total. The fourth-order valence-electron chi connectivity index (χ4n) is 3.67. The van der Waals surface area contributed by atoms with Crippen molar-refractivity contribution in [1.29, 1.82) is 0 Å². The van der Waals surface area contributed by atoms with Gasteiger partial charge in [-0.05, 0) is 38.0 Å². The van der Waals surface area contributed by atoms with Crippen LogP contribution in [0.25, 0.3) is 0 Å². The van der Waals surface area contributed by atoms with Gasteiger partial charge in [0.2, 0.25) is 0 Å². The van der Waals surface area contributed by atoms with E-state index in [4.69, 9.17) is 4.74 Å². The van der Waals surface area contributed by atoms with E-state index >= 15 is 0 Å². The molecule has 0 saturated heterocycles. The molecule has 2 heteroatoms. The minimum absolute atomic E-state index is 0.536. The summed E-state index contributed by atoms with van der Waals surface area (Å²) in [7, 11) is 0. The summed E-state index contributed by atoms with van der Waals surface area (Å²) in [5.41, 5.74) is 1.09. The first-order chi connectivity index (χ1) is 7.58. The Hall–Kier alpha value is -0.0800. The highest BCUT2D eigenvalue weighted by atomic mass is 16.5. The molecule has 3 atom stereocenters. The van der Waals surface area contributed by atoms with E-state index in [2.05, 4.69) is 26.1 Å². The number of nitrogens with one attached hydrogen (secondary N) is 1. The number of hydrogen-bond donors (Lipinski definition) is 1. The molecule has 0 aromatic carbocycles. The fraction of sp³-hybridized carbons (Fsp3) is 1.00. The third-order valence-corrected chi connectivity index (χ3v) is 5.35. The SMILES string of the molecule is CCOC1CC(NC2CC2(C)C)C12CCC2. The first-order valence-electron chi connectivity index (χ1n) is 6.96. The van der Waals surface area contributed by atoms with Crippen LogP contribution < -0.4 is 5.32 Å². The van der Waals surface area contributed by atoms with Gasteiger partial charge in [0.1, 0.15) is 0 Å². The molecule has 0 bridgehead atoms. The summed E-state index contributed by atoms with van der Waals surface area (Å²) in [6.07, 6.45) is 7.37. The average Bonchev–Trinajstić information content (AvgIpc) is 2.69. The Morgan fingerprint density at radius 1 is 1.25 bits per heavy atom. The lowest BCUT2D eigenvalue weighted by Gasteiger charge is -2.61. The summed E-state index contributed by atoms with van der Waals surface area (Å²) in [4.78, 5) is 0. The van der Waals surface area contributed by atoms with Gasteiger partial charge in [0.15, 0.2) is 0 Å². The molecule has 3 saturated carbocycles. The minimum Gasteiger partial charge on any atom is -0.378 e. The number of hydrogen-bond acceptors (Lipinski definition) is 2. The maximum Gasteiger partial charge on any atom is 0.0661 e. The zero-order chi connectivity index (χ0) is 11.4. The molecular formula is C14H25NO. The monoisotopic (exact) mass is 223 g/mol. The third-order valence-electron chi connectivity index (χ3n) is 5.35. The first-order valence-corrected chi connectivity index (χ1v) is 6.96. The lowest BCUT2D eigenvalue weighted by Crippen LogP contribution is -2.67. The molecule has 0 aromatic rings. The van der Waals surface area contributed by atoms with Crippen LogP contribution in [0.5, 0.6) is 0 Å². The normalized spacial score (nSPS) is 42.6. The van der Waals surface area contributed by atoms with Crippen molar-refractivity contribution in [3.63, 3.8) is 0 Å². The Morgan fingerprint density at radius 2 is 1.94 bits per heavy atom. The van der Waals surface area contributed by atoms with Gasteiger partial charge in [-0.25, -0.2) is 0 Å². The maximum absolute atomic E-state index is 5.88. The van der Waals surface area contributed by atoms with Crippen molar-refractivity contribution in [3.05, 3.63) is 0 Å². The second-order valence-electron chi connectivity index (χ2n) is 6.73. The molecule has 3 aliphatic carbocycles. The van der Waals surface area contributed by atoms with Crippen molar-refractivity contribution in [3.8, 4) is 0 Å². The Morgan fingerprint density at radius 3 is 2.38 bits per heavy atom. The zero-order valence-corrected chi connectivity index (χ0v) is 10.9. The molecule has 1 spiro atoms. The van der Waals surface area contributed by atoms with Crippen molar-refractivity contribution < 1.29 is 4.74 Å². The van der Waals surface area contributed by atoms with E-state index in [1.54, 1.807) is 0 Å². The highest BCUT2D eigenvalue weighted by Crippen LogP contribution is 2.58. The molecular weight excluding hydrogens is 198 g/mol. The summed E-state index contributed by atoms with van der Waals surface area (Å²) < 4.78 is 5.88. The predicted molar refractivity (Wildman–Crippen MR) is 65.4 cm³/mol. The highest BCUT2D eigenvalue weighted by molar-refractivity contribution is 5.15. The van der Waals surface area contributed by atoms with E-state index in [-0.39, 0.29) is 0 Å². The van der Waals surface area contributed by atoms with E-state index in [1.807, 2.05) is 0 Å². The van der Waals surface area contributed by atoms with Gasteiger partial charge in [-0.1, -0.05) is 20.3 Å². The summed E-state index contributed by atoms with van der Waals surface area (Å²) in [5, 5.41) is 3.88. The van der Waals surface area contributed by atoms with Crippen LogP contribution in [0.3, 0.4) is 0 Å². The predicted octanol–water partition coefficient (Wildman–Crippen LogP) is 2.72. The quantitative estimate of drug-likeness (QED) is 0.791. The second kappa shape index (κ2) is 3.46. The second-order valence-corrected chi connectivity index (χ2v) is 6.73. The van der Waals surface area contributed by atoms with E-state index in [1.165, 1.54) is 32.1 Å². The van der Waals surface area contributed by atoms with E-state index in [9.17, 15) is 0 Å². The molecule has 0 radical (unpaired) electrons. The van der Waals surface area contributed by atoms with E-state index in [0.717, 1.165) is 18.7 Å². The molecule has 0 aliphatic heterocycles. The summed E-state index contributed by atoms with van der Waals surface area (Å²) >= 11 is 0. The molecule has 0 amide bonds. The third kappa shape index (κ3) is 1.46. The van der Waals surface area contributed by atoms with Gasteiger partial charge in [0, 0.05) is 24.1 Å². The Bertz CT molecular complexity index is 282. The minimum atomic E-state index is 0.536. The van der Waals surface area contributed by atoms with Crippen molar-refractivity contribution in [2.75, 3.05) is 6.61 Å². The van der Waals surface area contributed by atoms with Crippen molar-refractivity contribution in [2.45, 2.75) is 71.1 Å². The van der Waals surface area contributed by atoms with Gasteiger partial charge >= 0.3 is 0 Å². The molecule has 0 aromatic heterocycles. The van der Waals surface area contributed by atoms with Gasteiger partial charge in [0.25, 0.3) is 0 Å². The topological polar surface area (TPSA) is 21.3 Å². The van der Waals surface area contributed by atoms with Crippen LogP contribution in [0, 0.1) is 10.8 Å². The van der Waals surface area contributed by atoms with Gasteiger partial charge in [-0.3, -0.25) is 0 Å². The number of rotatable bonds is 4. The molecule has 3 aliphatic rings. The summed E-state index contributed by atoms with van der Waals surface area (Å²) in [6, 6.07) is 1.53. The van der Waals surface area contributed by atoms with Crippen molar-refractivity contribution in [2.24, 2.45) is 10.8 Å². The Kier molecular flexibility index (Phi) is 2.38. The molecule has 0 heterocycles. The molecule has 3 rings (SSSR count). The van der Waals surface area contributed by atoms with Crippen LogP contribution in [-0.4, -0.2) is 24.8 Å². The highest BCUT2D eigenvalue weighted by Gasteiger charge is 2.61. The van der Waals surface area contributed by atoms with Crippen LogP contribution in [-0.2, 0) is 4.74 Å². The van der Waals surface area contributed by atoms with Gasteiger partial charge < -0.3 is 10.1 Å². The maximum atomic E-state index is 5.88. The lowest BCUT2D eigenvalue weighted by molar-refractivity contribution is -0.173. The van der Waals surface area contributed by atoms with Gasteiger partial charge in [-0.15, -0.1) is 0 Å². The molecule has 16 heavy (non-hydrogen) atoms. The standard InChI is InChI=1S/C14H25NO/c1-4-16-12-8-10(14(12)6-5-7-14)15-11-9-13(11,2)3/h10-12,15H,4-9H2,1-3H3. The molecule has 3 unspecified atom stereocenters. The first kappa shape index (κ1) is 11.0. The molecule has 1 N–H and O–H groups in total. The van der Waals surface area contributed by atoms with E-state index < -0.39 is 0 Å². The fourth-order valence-corrected chi connectivity index (χ4v) is 3.67. The summed E-state index contributed by atoms with van der Waals surface area (Å²) in [6.45, 7) is 7.75. The smallest absolute Gasteiger partial charge is 0.0661 e. The van der Waals surface area contributed by atoms with Crippen LogP contribution in [0.15, 0.2) is 0 Å². The number of ether oxygens (including phenoxy) is 1. The molecule has 92 valence electrons. The average molecular weight is 223 g/mol. The lowest BCUT2D eigenvalue weighted by atomic mass is 9.51. The summed E-state index contributed by atoms with van der Waals surface area (Å²) in [5.74, 6) is 0. The Labute approximate surface area is 99.1 Å². The molecule has 3 fully saturated rings. The van der Waals surface area contributed by atoms with Gasteiger partial charge in [-0.2, -0.15) is 0 Å². The Balaban J connectivity index is 1.58. The van der Waals surface area contributed by atoms with Gasteiger partial charge in [0.05, 0.1) is 6.10 Å². The van der Waals surface area contributed by atoms with Crippen molar-refractivity contribution in [1.82, 2.24) is 5.32 Å². The van der Waals surface area contributed by atoms with E-state index in [0.29, 0.717) is 16.9 Å². The van der Waals surface area contributed by atoms with Crippen LogP contribution >= 0.6 is 0 Å². The van der Waals surface area contributed by atoms with Crippen LogP contribution in [0.4, 0.5) is 0 Å². The largest absolute Gasteiger partial charge is 0.378 e. The van der Waals surface area contributed by atoms with Crippen LogP contribution in [0.2, 0.25) is 0 Å². The zero-order valence-electron chi connectivity index (χ0n) is 10.9. The van der Waals surface area contributed by atoms with Crippen LogP contribution in [0.1, 0.15) is 52.9 Å². The van der Waals surface area contributed by atoms with Crippen molar-refractivity contribution >= 4 is 0 Å².